The number of carboxylic acid groups (broad SMARTS) is 4. The average Bonchev–Trinajstić information content (AvgIpc) is 3.29. The van der Waals surface area contributed by atoms with Gasteiger partial charge in [-0.05, 0) is 25.7 Å². The van der Waals surface area contributed by atoms with Gasteiger partial charge in [-0.3, -0.25) is 53.1 Å². The SMILES string of the molecule is N[C@H](CCC(=O)N[C@@H](CSC(c1cnc(SCCl)cn1)C1CCCC(C(SC[C@H](NC(=O)CC[C@H](N)C(=O)O)C(=O)NCC(=O)O)c2cnc(SCCl)cn2)C1=O)C(=O)NCC(=O)O)C(=O)O. The van der Waals surface area contributed by atoms with E-state index in [-0.39, 0.29) is 53.4 Å². The molecule has 4 amide bonds. The number of ketones is 1. The Morgan fingerprint density at radius 1 is 0.642 bits per heavy atom. The molecule has 29 heteroatoms. The molecule has 67 heavy (non-hydrogen) atoms. The molecule has 12 N–H and O–H groups in total. The summed E-state index contributed by atoms with van der Waals surface area (Å²) in [4.78, 5) is 131. The first-order chi connectivity index (χ1) is 31.8. The first-order valence-electron chi connectivity index (χ1n) is 20.2. The van der Waals surface area contributed by atoms with Crippen LogP contribution >= 0.6 is 70.2 Å². The van der Waals surface area contributed by atoms with E-state index in [0.29, 0.717) is 40.7 Å². The van der Waals surface area contributed by atoms with Gasteiger partial charge in [0.05, 0.1) is 57.1 Å². The number of aromatic nitrogens is 4. The number of alkyl halides is 2. The number of carbonyl (C=O) groups excluding carboxylic acids is 5. The van der Waals surface area contributed by atoms with Gasteiger partial charge >= 0.3 is 23.9 Å². The molecule has 4 unspecified atom stereocenters. The average molecular weight is 1050 g/mol. The van der Waals surface area contributed by atoms with Crippen LogP contribution in [0.25, 0.3) is 0 Å². The van der Waals surface area contributed by atoms with Crippen molar-refractivity contribution in [3.63, 3.8) is 0 Å². The number of hydrogen-bond acceptors (Lipinski definition) is 19. The third-order valence-corrected chi connectivity index (χ3v) is 14.6. The van der Waals surface area contributed by atoms with E-state index in [2.05, 4.69) is 41.2 Å². The number of nitrogens with zero attached hydrogens (tertiary/aromatic N) is 4. The standard InChI is InChI=1S/C38H50Cl2N10O13S4/c39-16-66-28-10-43-22(8-45-28)33(64-14-24(35(58)47-12-30(53)54)49-26(51)6-4-20(41)37(60)61)18-2-1-3-19(32(18)57)34(23-9-46-29(11-44-23)67-17-40)65-15-25(36(59)48-13-31(55)56)50-27(52)7-5-21(42)38(62)63/h8-11,18-21,24-25,33-34H,1-7,12-17,41-42H2,(H,47,58)(H,48,59)(H,49,51)(H,50,52)(H,53,54)(H,55,56)(H,60,61)(H,62,63)/t18?,19?,20-,21+,24-,25-,33?,34?/m0/s1. The van der Waals surface area contributed by atoms with E-state index < -0.39 is 107 Å². The third kappa shape index (κ3) is 19.6. The van der Waals surface area contributed by atoms with E-state index in [1.807, 2.05) is 0 Å². The molecule has 1 aliphatic carbocycles. The van der Waals surface area contributed by atoms with Crippen molar-refractivity contribution in [1.29, 1.82) is 0 Å². The van der Waals surface area contributed by atoms with E-state index in [0.717, 1.165) is 23.5 Å². The summed E-state index contributed by atoms with van der Waals surface area (Å²) in [6.45, 7) is -1.56. The van der Waals surface area contributed by atoms with E-state index >= 15 is 4.79 Å². The third-order valence-electron chi connectivity index (χ3n) is 9.79. The molecule has 2 aromatic rings. The Balaban J connectivity index is 2.04. The molecule has 3 rings (SSSR count). The molecular weight excluding hydrogens is 1000 g/mol. The molecule has 2 aromatic heterocycles. The van der Waals surface area contributed by atoms with Crippen LogP contribution < -0.4 is 32.7 Å². The number of thioether (sulfide) groups is 4. The van der Waals surface area contributed by atoms with Gasteiger partial charge in [0.15, 0.2) is 0 Å². The summed E-state index contributed by atoms with van der Waals surface area (Å²) < 4.78 is 0. The van der Waals surface area contributed by atoms with Crippen molar-refractivity contribution in [2.24, 2.45) is 23.3 Å². The van der Waals surface area contributed by atoms with Crippen LogP contribution in [0.1, 0.15) is 66.8 Å². The van der Waals surface area contributed by atoms with Crippen LogP contribution in [-0.4, -0.2) is 153 Å². The Morgan fingerprint density at radius 2 is 1.03 bits per heavy atom. The Kier molecular flexibility index (Phi) is 24.9. The number of halogens is 2. The molecule has 23 nitrogen and oxygen atoms in total. The lowest BCUT2D eigenvalue weighted by atomic mass is 9.76. The molecule has 8 atom stereocenters. The molecule has 1 aliphatic rings. The summed E-state index contributed by atoms with van der Waals surface area (Å²) in [5, 5.41) is 45.9. The largest absolute Gasteiger partial charge is 0.480 e. The summed E-state index contributed by atoms with van der Waals surface area (Å²) in [5.41, 5.74) is 11.8. The minimum absolute atomic E-state index is 0.164. The summed E-state index contributed by atoms with van der Waals surface area (Å²) >= 11 is 16.3. The molecule has 0 aromatic carbocycles. The Morgan fingerprint density at radius 3 is 1.34 bits per heavy atom. The normalized spacial score (nSPS) is 17.4. The highest BCUT2D eigenvalue weighted by atomic mass is 35.5. The van der Waals surface area contributed by atoms with Gasteiger partial charge in [0, 0.05) is 36.2 Å². The van der Waals surface area contributed by atoms with E-state index in [1.165, 1.54) is 48.3 Å². The molecule has 368 valence electrons. The second-order valence-corrected chi connectivity index (χ2v) is 20.1. The number of carboxylic acids is 4. The van der Waals surface area contributed by atoms with Crippen LogP contribution in [0.4, 0.5) is 0 Å². The maximum absolute atomic E-state index is 15.1. The van der Waals surface area contributed by atoms with Crippen molar-refractivity contribution in [3.8, 4) is 0 Å². The van der Waals surface area contributed by atoms with Crippen molar-refractivity contribution in [3.05, 3.63) is 36.2 Å². The van der Waals surface area contributed by atoms with Crippen molar-refractivity contribution < 1.29 is 63.6 Å². The van der Waals surface area contributed by atoms with Gasteiger partial charge in [0.25, 0.3) is 0 Å². The second kappa shape index (κ2) is 29.4. The van der Waals surface area contributed by atoms with E-state index in [4.69, 9.17) is 44.9 Å². The summed E-state index contributed by atoms with van der Waals surface area (Å²) in [6, 6.07) is -5.49. The zero-order chi connectivity index (χ0) is 49.6. The smallest absolute Gasteiger partial charge is 0.322 e. The van der Waals surface area contributed by atoms with Crippen LogP contribution in [0, 0.1) is 11.8 Å². The fourth-order valence-corrected chi connectivity index (χ4v) is 10.7. The summed E-state index contributed by atoms with van der Waals surface area (Å²) in [7, 11) is 0. The van der Waals surface area contributed by atoms with E-state index in [9.17, 15) is 48.6 Å². The van der Waals surface area contributed by atoms with Gasteiger partial charge in [-0.2, -0.15) is 0 Å². The topological polar surface area (TPSA) is 386 Å². The van der Waals surface area contributed by atoms with Gasteiger partial charge in [0.1, 0.15) is 53.1 Å². The maximum atomic E-state index is 15.1. The number of rotatable bonds is 30. The van der Waals surface area contributed by atoms with Crippen LogP contribution in [0.5, 0.6) is 0 Å². The van der Waals surface area contributed by atoms with Crippen LogP contribution in [0.3, 0.4) is 0 Å². The lowest BCUT2D eigenvalue weighted by Crippen LogP contribution is -2.50. The first kappa shape index (κ1) is 56.8. The van der Waals surface area contributed by atoms with Gasteiger partial charge in [-0.15, -0.1) is 46.7 Å². The van der Waals surface area contributed by atoms with Gasteiger partial charge in [-0.25, -0.2) is 9.97 Å². The highest BCUT2D eigenvalue weighted by Crippen LogP contribution is 2.48. The quantitative estimate of drug-likeness (QED) is 0.0383. The van der Waals surface area contributed by atoms with E-state index in [1.54, 1.807) is 0 Å². The molecule has 0 spiro atoms. The number of carbonyl (C=O) groups is 9. The molecule has 0 radical (unpaired) electrons. The number of hydrogen-bond donors (Lipinski definition) is 10. The number of Topliss-reactive ketones (excluding diaryl/α,β-unsaturated/α-hetero) is 1. The predicted octanol–water partition coefficient (Wildman–Crippen LogP) is 0.833. The Bertz CT molecular complexity index is 1910. The minimum Gasteiger partial charge on any atom is -0.480 e. The fraction of sp³-hybridized carbons (Fsp3) is 0.553. The van der Waals surface area contributed by atoms with Crippen molar-refractivity contribution in [2.45, 2.75) is 89.7 Å². The highest BCUT2D eigenvalue weighted by Gasteiger charge is 2.43. The maximum Gasteiger partial charge on any atom is 0.322 e. The lowest BCUT2D eigenvalue weighted by molar-refractivity contribution is -0.140. The number of nitrogens with one attached hydrogen (secondary N) is 4. The minimum atomic E-state index is -1.38. The Hall–Kier alpha value is -4.51. The molecule has 0 bridgehead atoms. The highest BCUT2D eigenvalue weighted by molar-refractivity contribution is 8.00. The molecule has 0 saturated heterocycles. The number of nitrogens with two attached hydrogens (primary N) is 2. The monoisotopic (exact) mass is 1050 g/mol. The van der Waals surface area contributed by atoms with Gasteiger partial charge in [0.2, 0.25) is 23.6 Å². The molecule has 2 heterocycles. The van der Waals surface area contributed by atoms with Crippen molar-refractivity contribution >= 4 is 124 Å². The van der Waals surface area contributed by atoms with Crippen LogP contribution in [-0.2, 0) is 43.2 Å². The predicted molar refractivity (Wildman–Crippen MR) is 248 cm³/mol. The number of amides is 4. The zero-order valence-corrected chi connectivity index (χ0v) is 40.2. The van der Waals surface area contributed by atoms with Crippen molar-refractivity contribution in [1.82, 2.24) is 41.2 Å². The molecule has 1 fully saturated rings. The molecule has 1 saturated carbocycles. The molecule has 0 aliphatic heterocycles. The van der Waals surface area contributed by atoms with Crippen molar-refractivity contribution in [2.75, 3.05) is 35.0 Å². The molecular formula is C38H50Cl2N10O13S4. The van der Waals surface area contributed by atoms with Gasteiger partial charge in [-0.1, -0.05) is 29.9 Å². The Labute approximate surface area is 410 Å². The number of aliphatic carboxylic acids is 4. The second-order valence-electron chi connectivity index (χ2n) is 14.6. The fourth-order valence-electron chi connectivity index (χ4n) is 6.43. The summed E-state index contributed by atoms with van der Waals surface area (Å²) in [6.07, 6.45) is 5.61. The van der Waals surface area contributed by atoms with Crippen LogP contribution in [0.15, 0.2) is 34.8 Å². The van der Waals surface area contributed by atoms with Gasteiger partial charge < -0.3 is 53.2 Å². The summed E-state index contributed by atoms with van der Waals surface area (Å²) in [5.74, 6) is -11.1. The first-order valence-corrected chi connectivity index (χ1v) is 25.3. The lowest BCUT2D eigenvalue weighted by Gasteiger charge is -2.36. The zero-order valence-electron chi connectivity index (χ0n) is 35.4. The van der Waals surface area contributed by atoms with Crippen LogP contribution in [0.2, 0.25) is 0 Å².